The Morgan fingerprint density at radius 3 is 2.61 bits per heavy atom. The topological polar surface area (TPSA) is 61.0 Å². The van der Waals surface area contributed by atoms with Gasteiger partial charge in [0.05, 0.1) is 11.0 Å². The third-order valence-electron chi connectivity index (χ3n) is 4.47. The number of imidazole rings is 1. The quantitative estimate of drug-likeness (QED) is 0.561. The van der Waals surface area contributed by atoms with E-state index in [1.165, 1.54) is 0 Å². The average molecular weight is 397 g/mol. The molecule has 0 atom stereocenters. The Hall–Kier alpha value is -2.31. The summed E-state index contributed by atoms with van der Waals surface area (Å²) in [5.74, 6) is 0.664. The number of benzene rings is 2. The standard InChI is InChI=1S/C22H28N4OS/c1-22(2,15-26(3)4)14-23-20(27)17-10-6-5-9-16(17)13-28-21-24-18-11-7-8-12-19(18)25-21/h5-12H,13-15H2,1-4H3,(H,23,27)(H,24,25). The van der Waals surface area contributed by atoms with Crippen LogP contribution < -0.4 is 5.32 Å². The molecule has 2 aromatic carbocycles. The van der Waals surface area contributed by atoms with Crippen molar-refractivity contribution in [3.8, 4) is 0 Å². The summed E-state index contributed by atoms with van der Waals surface area (Å²) in [6, 6.07) is 15.8. The summed E-state index contributed by atoms with van der Waals surface area (Å²) in [4.78, 5) is 22.9. The molecule has 0 saturated carbocycles. The van der Waals surface area contributed by atoms with E-state index < -0.39 is 0 Å². The van der Waals surface area contributed by atoms with Crippen molar-refractivity contribution < 1.29 is 4.79 Å². The number of para-hydroxylation sites is 2. The SMILES string of the molecule is CN(C)CC(C)(C)CNC(=O)c1ccccc1CSc1nc2ccccc2[nH]1. The van der Waals surface area contributed by atoms with Crippen LogP contribution in [0.25, 0.3) is 11.0 Å². The van der Waals surface area contributed by atoms with Gasteiger partial charge in [0, 0.05) is 24.4 Å². The largest absolute Gasteiger partial charge is 0.351 e. The first-order valence-corrected chi connectivity index (χ1v) is 10.4. The average Bonchev–Trinajstić information content (AvgIpc) is 3.07. The molecule has 3 aromatic rings. The van der Waals surface area contributed by atoms with Crippen LogP contribution in [0, 0.1) is 5.41 Å². The fraction of sp³-hybridized carbons (Fsp3) is 0.364. The smallest absolute Gasteiger partial charge is 0.251 e. The maximum absolute atomic E-state index is 12.8. The fourth-order valence-electron chi connectivity index (χ4n) is 3.34. The third kappa shape index (κ3) is 5.36. The number of hydrogen-bond donors (Lipinski definition) is 2. The van der Waals surface area contributed by atoms with E-state index in [-0.39, 0.29) is 11.3 Å². The number of fused-ring (bicyclic) bond motifs is 1. The van der Waals surface area contributed by atoms with Crippen molar-refractivity contribution >= 4 is 28.7 Å². The van der Waals surface area contributed by atoms with Crippen LogP contribution in [0.2, 0.25) is 0 Å². The van der Waals surface area contributed by atoms with E-state index in [1.54, 1.807) is 11.8 Å². The maximum atomic E-state index is 12.8. The van der Waals surface area contributed by atoms with Crippen LogP contribution in [0.1, 0.15) is 29.8 Å². The van der Waals surface area contributed by atoms with E-state index >= 15 is 0 Å². The van der Waals surface area contributed by atoms with Gasteiger partial charge in [0.2, 0.25) is 0 Å². The number of H-pyrrole nitrogens is 1. The zero-order valence-corrected chi connectivity index (χ0v) is 17.8. The molecule has 148 valence electrons. The zero-order valence-electron chi connectivity index (χ0n) is 17.0. The molecule has 0 aliphatic heterocycles. The van der Waals surface area contributed by atoms with Crippen LogP contribution in [0.5, 0.6) is 0 Å². The monoisotopic (exact) mass is 396 g/mol. The van der Waals surface area contributed by atoms with Gasteiger partial charge in [-0.25, -0.2) is 4.98 Å². The van der Waals surface area contributed by atoms with Crippen molar-refractivity contribution in [2.75, 3.05) is 27.2 Å². The minimum absolute atomic E-state index is 0.0110. The van der Waals surface area contributed by atoms with Crippen LogP contribution in [0.4, 0.5) is 0 Å². The van der Waals surface area contributed by atoms with Gasteiger partial charge in [-0.05, 0) is 43.3 Å². The molecule has 6 heteroatoms. The van der Waals surface area contributed by atoms with E-state index in [0.717, 1.165) is 33.9 Å². The van der Waals surface area contributed by atoms with Crippen LogP contribution in [0.3, 0.4) is 0 Å². The number of carbonyl (C=O) groups excluding carboxylic acids is 1. The summed E-state index contributed by atoms with van der Waals surface area (Å²) in [6.07, 6.45) is 0. The number of hydrogen-bond acceptors (Lipinski definition) is 4. The minimum atomic E-state index is -0.0207. The molecular formula is C22H28N4OS. The van der Waals surface area contributed by atoms with Crippen molar-refractivity contribution in [1.82, 2.24) is 20.2 Å². The van der Waals surface area contributed by atoms with Crippen molar-refractivity contribution in [2.24, 2.45) is 5.41 Å². The van der Waals surface area contributed by atoms with Crippen LogP contribution >= 0.6 is 11.8 Å². The molecule has 0 aliphatic carbocycles. The Bertz CT molecular complexity index is 915. The zero-order chi connectivity index (χ0) is 20.1. The van der Waals surface area contributed by atoms with Gasteiger partial charge < -0.3 is 15.2 Å². The molecule has 1 amide bonds. The number of aromatic amines is 1. The van der Waals surface area contributed by atoms with Gasteiger partial charge >= 0.3 is 0 Å². The normalized spacial score (nSPS) is 11.9. The molecule has 1 heterocycles. The molecule has 0 unspecified atom stereocenters. The molecule has 5 nitrogen and oxygen atoms in total. The van der Waals surface area contributed by atoms with Gasteiger partial charge in [-0.1, -0.05) is 55.9 Å². The molecule has 0 spiro atoms. The van der Waals surface area contributed by atoms with Crippen LogP contribution in [0.15, 0.2) is 53.7 Å². The van der Waals surface area contributed by atoms with Gasteiger partial charge in [0.15, 0.2) is 5.16 Å². The van der Waals surface area contributed by atoms with Gasteiger partial charge in [0.1, 0.15) is 0 Å². The van der Waals surface area contributed by atoms with E-state index in [4.69, 9.17) is 0 Å². The first-order chi connectivity index (χ1) is 13.3. The Labute approximate surface area is 170 Å². The number of amides is 1. The van der Waals surface area contributed by atoms with Crippen LogP contribution in [-0.4, -0.2) is 48.0 Å². The first-order valence-electron chi connectivity index (χ1n) is 9.42. The number of carbonyl (C=O) groups is 1. The number of aromatic nitrogens is 2. The van der Waals surface area contributed by atoms with Crippen molar-refractivity contribution in [3.63, 3.8) is 0 Å². The van der Waals surface area contributed by atoms with E-state index in [2.05, 4.69) is 34.0 Å². The highest BCUT2D eigenvalue weighted by molar-refractivity contribution is 7.98. The lowest BCUT2D eigenvalue weighted by Gasteiger charge is -2.28. The summed E-state index contributed by atoms with van der Waals surface area (Å²) in [5, 5.41) is 3.97. The molecule has 0 bridgehead atoms. The molecule has 0 fully saturated rings. The number of rotatable bonds is 8. The lowest BCUT2D eigenvalue weighted by molar-refractivity contribution is 0.0928. The molecule has 28 heavy (non-hydrogen) atoms. The highest BCUT2D eigenvalue weighted by atomic mass is 32.2. The molecule has 0 aliphatic rings. The summed E-state index contributed by atoms with van der Waals surface area (Å²) < 4.78 is 0. The fourth-order valence-corrected chi connectivity index (χ4v) is 4.23. The Morgan fingerprint density at radius 2 is 1.86 bits per heavy atom. The maximum Gasteiger partial charge on any atom is 0.251 e. The number of nitrogens with zero attached hydrogens (tertiary/aromatic N) is 2. The molecule has 1 aromatic heterocycles. The van der Waals surface area contributed by atoms with Crippen molar-refractivity contribution in [3.05, 3.63) is 59.7 Å². The van der Waals surface area contributed by atoms with E-state index in [0.29, 0.717) is 12.3 Å². The Kier molecular flexibility index (Phi) is 6.42. The highest BCUT2D eigenvalue weighted by Crippen LogP contribution is 2.25. The predicted molar refractivity (Wildman–Crippen MR) is 117 cm³/mol. The lowest BCUT2D eigenvalue weighted by atomic mass is 9.92. The molecule has 3 rings (SSSR count). The molecule has 0 saturated heterocycles. The highest BCUT2D eigenvalue weighted by Gasteiger charge is 2.21. The second-order valence-electron chi connectivity index (χ2n) is 8.09. The Morgan fingerprint density at radius 1 is 1.14 bits per heavy atom. The summed E-state index contributed by atoms with van der Waals surface area (Å²) in [7, 11) is 4.10. The Balaban J connectivity index is 1.66. The van der Waals surface area contributed by atoms with E-state index in [1.807, 2.05) is 62.6 Å². The minimum Gasteiger partial charge on any atom is -0.351 e. The number of thioether (sulfide) groups is 1. The number of nitrogens with one attached hydrogen (secondary N) is 2. The summed E-state index contributed by atoms with van der Waals surface area (Å²) >= 11 is 1.61. The molecular weight excluding hydrogens is 368 g/mol. The molecule has 0 radical (unpaired) electrons. The van der Waals surface area contributed by atoms with E-state index in [9.17, 15) is 4.79 Å². The molecule has 2 N–H and O–H groups in total. The van der Waals surface area contributed by atoms with Gasteiger partial charge in [-0.3, -0.25) is 4.79 Å². The van der Waals surface area contributed by atoms with Gasteiger partial charge in [0.25, 0.3) is 5.91 Å². The van der Waals surface area contributed by atoms with Crippen molar-refractivity contribution in [2.45, 2.75) is 24.8 Å². The predicted octanol–water partition coefficient (Wildman–Crippen LogP) is 4.17. The van der Waals surface area contributed by atoms with Gasteiger partial charge in [-0.15, -0.1) is 0 Å². The second kappa shape index (κ2) is 8.80. The van der Waals surface area contributed by atoms with Gasteiger partial charge in [-0.2, -0.15) is 0 Å². The van der Waals surface area contributed by atoms with Crippen LogP contribution in [-0.2, 0) is 5.75 Å². The lowest BCUT2D eigenvalue weighted by Crippen LogP contribution is -2.40. The second-order valence-corrected chi connectivity index (χ2v) is 9.05. The van der Waals surface area contributed by atoms with Crippen molar-refractivity contribution in [1.29, 1.82) is 0 Å². The third-order valence-corrected chi connectivity index (χ3v) is 5.39. The first kappa shape index (κ1) is 20.4. The summed E-state index contributed by atoms with van der Waals surface area (Å²) in [6.45, 7) is 5.87. The summed E-state index contributed by atoms with van der Waals surface area (Å²) in [5.41, 5.74) is 3.73.